The molecule has 2 aromatic rings. The highest BCUT2D eigenvalue weighted by atomic mass is 32.2. The molecule has 0 saturated heterocycles. The van der Waals surface area contributed by atoms with E-state index in [1.165, 1.54) is 36.2 Å². The Bertz CT molecular complexity index is 1100. The van der Waals surface area contributed by atoms with Gasteiger partial charge in [0.2, 0.25) is 0 Å². The number of carbonyl (C=O) groups is 1. The average molecular weight is 446 g/mol. The highest BCUT2D eigenvalue weighted by Gasteiger charge is 2.58. The summed E-state index contributed by atoms with van der Waals surface area (Å²) >= 11 is 1.30. The van der Waals surface area contributed by atoms with E-state index in [9.17, 15) is 18.0 Å². The van der Waals surface area contributed by atoms with E-state index in [2.05, 4.69) is 21.2 Å². The number of nitrogens with one attached hydrogen (secondary N) is 1. The second-order valence-corrected chi connectivity index (χ2v) is 8.41. The summed E-state index contributed by atoms with van der Waals surface area (Å²) in [5.41, 5.74) is 3.88. The minimum atomic E-state index is -1.61. The number of terminal acetylenes is 1. The van der Waals surface area contributed by atoms with Crippen LogP contribution in [-0.4, -0.2) is 34.6 Å². The maximum absolute atomic E-state index is 14.7. The Hall–Kier alpha value is -3.19. The van der Waals surface area contributed by atoms with Crippen LogP contribution in [0, 0.1) is 29.9 Å². The number of alkyl halides is 1. The van der Waals surface area contributed by atoms with Crippen LogP contribution in [0.1, 0.15) is 22.5 Å². The Morgan fingerprint density at radius 3 is 2.90 bits per heavy atom. The maximum atomic E-state index is 14.7. The third-order valence-electron chi connectivity index (χ3n) is 5.17. The fourth-order valence-corrected chi connectivity index (χ4v) is 4.84. The van der Waals surface area contributed by atoms with Gasteiger partial charge in [-0.2, -0.15) is 0 Å². The van der Waals surface area contributed by atoms with Crippen molar-refractivity contribution in [3.05, 3.63) is 53.4 Å². The first-order chi connectivity index (χ1) is 14.9. The van der Waals surface area contributed by atoms with Crippen molar-refractivity contribution in [1.29, 1.82) is 0 Å². The summed E-state index contributed by atoms with van der Waals surface area (Å²) in [6.07, 6.45) is 7.01. The smallest absolute Gasteiger partial charge is 0.274 e. The van der Waals surface area contributed by atoms with Crippen LogP contribution in [0.25, 0.3) is 0 Å². The quantitative estimate of drug-likeness (QED) is 0.665. The molecule has 1 aromatic heterocycles. The van der Waals surface area contributed by atoms with Gasteiger partial charge in [0, 0.05) is 28.5 Å². The number of hydrogen-bond acceptors (Lipinski definition) is 6. The zero-order chi connectivity index (χ0) is 22.2. The number of ether oxygens (including phenoxy) is 1. The highest BCUT2D eigenvalue weighted by molar-refractivity contribution is 8.14. The van der Waals surface area contributed by atoms with Gasteiger partial charge in [-0.05, 0) is 24.6 Å². The van der Waals surface area contributed by atoms with Gasteiger partial charge in [0.15, 0.2) is 16.8 Å². The molecule has 1 saturated carbocycles. The first kappa shape index (κ1) is 21.1. The van der Waals surface area contributed by atoms with E-state index < -0.39 is 29.8 Å². The SMILES string of the molecule is C#CCOc1ccc(C(=O)Nc2cc(F)c(F)c([C@@]3(CF)N=C(N)S[C@H]4C[C@H]43)c2)nc1. The van der Waals surface area contributed by atoms with Crippen LogP contribution in [-0.2, 0) is 5.54 Å². The van der Waals surface area contributed by atoms with Crippen LogP contribution < -0.4 is 15.8 Å². The molecule has 4 rings (SSSR count). The van der Waals surface area contributed by atoms with Crippen molar-refractivity contribution < 1.29 is 22.7 Å². The number of benzene rings is 1. The van der Waals surface area contributed by atoms with Crippen molar-refractivity contribution in [2.45, 2.75) is 17.2 Å². The van der Waals surface area contributed by atoms with Gasteiger partial charge in [-0.3, -0.25) is 4.79 Å². The monoisotopic (exact) mass is 446 g/mol. The van der Waals surface area contributed by atoms with Crippen LogP contribution in [0.5, 0.6) is 5.75 Å². The molecule has 2 heterocycles. The average Bonchev–Trinajstić information content (AvgIpc) is 3.54. The van der Waals surface area contributed by atoms with E-state index >= 15 is 0 Å². The van der Waals surface area contributed by atoms with Crippen molar-refractivity contribution in [3.8, 4) is 18.1 Å². The van der Waals surface area contributed by atoms with Crippen LogP contribution in [0.15, 0.2) is 35.5 Å². The number of amidine groups is 1. The van der Waals surface area contributed by atoms with Crippen LogP contribution >= 0.6 is 11.8 Å². The second-order valence-electron chi connectivity index (χ2n) is 7.15. The lowest BCUT2D eigenvalue weighted by Crippen LogP contribution is -2.37. The van der Waals surface area contributed by atoms with E-state index in [4.69, 9.17) is 16.9 Å². The summed E-state index contributed by atoms with van der Waals surface area (Å²) in [7, 11) is 0. The molecule has 3 N–H and O–H groups in total. The van der Waals surface area contributed by atoms with E-state index in [1.807, 2.05) is 0 Å². The number of amides is 1. The molecule has 1 amide bonds. The van der Waals surface area contributed by atoms with Crippen molar-refractivity contribution in [3.63, 3.8) is 0 Å². The molecule has 6 nitrogen and oxygen atoms in total. The van der Waals surface area contributed by atoms with Crippen LogP contribution in [0.2, 0.25) is 0 Å². The Balaban J connectivity index is 1.62. The first-order valence-electron chi connectivity index (χ1n) is 9.29. The third-order valence-corrected chi connectivity index (χ3v) is 6.33. The van der Waals surface area contributed by atoms with Gasteiger partial charge in [0.05, 0.1) is 6.20 Å². The number of pyridine rings is 1. The van der Waals surface area contributed by atoms with E-state index in [1.54, 1.807) is 0 Å². The minimum Gasteiger partial charge on any atom is -0.479 e. The Morgan fingerprint density at radius 1 is 1.42 bits per heavy atom. The third kappa shape index (κ3) is 3.93. The number of fused-ring (bicyclic) bond motifs is 1. The van der Waals surface area contributed by atoms with Gasteiger partial charge in [0.1, 0.15) is 30.3 Å². The molecule has 0 unspecified atom stereocenters. The number of nitrogens with two attached hydrogens (primary N) is 1. The predicted octanol–water partition coefficient (Wildman–Crippen LogP) is 3.24. The first-order valence-corrected chi connectivity index (χ1v) is 10.2. The van der Waals surface area contributed by atoms with E-state index in [0.29, 0.717) is 12.2 Å². The molecule has 1 aromatic carbocycles. The number of anilines is 1. The standard InChI is InChI=1S/C21H17F3N4O2S/c1-2-5-30-12-3-4-16(26-9-12)19(29)27-11-6-14(18(24)15(23)7-11)21(10-22)13-8-17(13)31-20(25)28-21/h1,3-4,6-7,9,13,17H,5,8,10H2,(H2,25,28)(H,27,29)/t13-,17+,21+/m1/s1. The Labute approximate surface area is 180 Å². The van der Waals surface area contributed by atoms with Gasteiger partial charge in [0.25, 0.3) is 5.91 Å². The predicted molar refractivity (Wildman–Crippen MR) is 112 cm³/mol. The summed E-state index contributed by atoms with van der Waals surface area (Å²) < 4.78 is 48.5. The summed E-state index contributed by atoms with van der Waals surface area (Å²) in [6.45, 7) is -0.988. The number of hydrogen-bond donors (Lipinski definition) is 2. The number of halogens is 3. The van der Waals surface area contributed by atoms with Crippen molar-refractivity contribution in [1.82, 2.24) is 4.98 Å². The fourth-order valence-electron chi connectivity index (χ4n) is 3.62. The van der Waals surface area contributed by atoms with Crippen molar-refractivity contribution >= 4 is 28.5 Å². The number of nitrogens with zero attached hydrogens (tertiary/aromatic N) is 2. The normalized spacial score (nSPS) is 23.9. The van der Waals surface area contributed by atoms with Crippen molar-refractivity contribution in [2.75, 3.05) is 18.6 Å². The molecule has 1 fully saturated rings. The molecular weight excluding hydrogens is 429 g/mol. The van der Waals surface area contributed by atoms with Crippen molar-refractivity contribution in [2.24, 2.45) is 16.6 Å². The lowest BCUT2D eigenvalue weighted by atomic mass is 9.85. The molecule has 3 atom stereocenters. The number of aromatic nitrogens is 1. The van der Waals surface area contributed by atoms with Gasteiger partial charge in [-0.15, -0.1) is 6.42 Å². The summed E-state index contributed by atoms with van der Waals surface area (Å²) in [4.78, 5) is 20.6. The summed E-state index contributed by atoms with van der Waals surface area (Å²) in [5.74, 6) is -0.722. The molecule has 31 heavy (non-hydrogen) atoms. The molecule has 2 aliphatic rings. The van der Waals surface area contributed by atoms with Gasteiger partial charge in [-0.25, -0.2) is 23.1 Å². The maximum Gasteiger partial charge on any atom is 0.274 e. The summed E-state index contributed by atoms with van der Waals surface area (Å²) in [5, 5.41) is 2.60. The topological polar surface area (TPSA) is 89.6 Å². The zero-order valence-electron chi connectivity index (χ0n) is 16.1. The summed E-state index contributed by atoms with van der Waals surface area (Å²) in [6, 6.07) is 4.91. The van der Waals surface area contributed by atoms with Gasteiger partial charge >= 0.3 is 0 Å². The molecular formula is C21H17F3N4O2S. The van der Waals surface area contributed by atoms with E-state index in [0.717, 1.165) is 6.07 Å². The van der Waals surface area contributed by atoms with Crippen LogP contribution in [0.3, 0.4) is 0 Å². The molecule has 1 aliphatic heterocycles. The Kier molecular flexibility index (Phi) is 5.54. The Morgan fingerprint density at radius 2 is 2.23 bits per heavy atom. The number of carbonyl (C=O) groups excluding carboxylic acids is 1. The van der Waals surface area contributed by atoms with Gasteiger partial charge in [-0.1, -0.05) is 17.7 Å². The number of thioether (sulfide) groups is 1. The zero-order valence-corrected chi connectivity index (χ0v) is 16.9. The molecule has 0 bridgehead atoms. The molecule has 0 spiro atoms. The molecule has 1 aliphatic carbocycles. The molecule has 0 radical (unpaired) electrons. The number of rotatable bonds is 6. The van der Waals surface area contributed by atoms with Crippen LogP contribution in [0.4, 0.5) is 18.9 Å². The number of aliphatic imine (C=N–C) groups is 1. The minimum absolute atomic E-state index is 0.00774. The molecule has 160 valence electrons. The van der Waals surface area contributed by atoms with E-state index in [-0.39, 0.29) is 39.9 Å². The fraction of sp³-hybridized carbons (Fsp3) is 0.286. The van der Waals surface area contributed by atoms with Gasteiger partial charge < -0.3 is 15.8 Å². The lowest BCUT2D eigenvalue weighted by Gasteiger charge is -2.31. The molecule has 10 heteroatoms. The lowest BCUT2D eigenvalue weighted by molar-refractivity contribution is 0.102. The highest BCUT2D eigenvalue weighted by Crippen LogP contribution is 2.58. The second kappa shape index (κ2) is 8.15. The largest absolute Gasteiger partial charge is 0.479 e.